The first-order chi connectivity index (χ1) is 10.1. The van der Waals surface area contributed by atoms with Crippen LogP contribution in [0.15, 0.2) is 30.3 Å². The van der Waals surface area contributed by atoms with Crippen molar-refractivity contribution in [1.29, 1.82) is 0 Å². The molecule has 6 heteroatoms. The highest BCUT2D eigenvalue weighted by Crippen LogP contribution is 2.36. The molecule has 2 aromatic carbocycles. The van der Waals surface area contributed by atoms with Crippen molar-refractivity contribution in [3.63, 3.8) is 0 Å². The molecule has 1 aliphatic heterocycles. The quantitative estimate of drug-likeness (QED) is 0.745. The molecule has 21 heavy (non-hydrogen) atoms. The molecule has 3 rings (SSSR count). The number of carbonyl (C=O) groups excluding carboxylic acids is 1. The molecule has 0 atom stereocenters. The van der Waals surface area contributed by atoms with Crippen LogP contribution in [0, 0.1) is 0 Å². The van der Waals surface area contributed by atoms with Gasteiger partial charge in [0.15, 0.2) is 17.3 Å². The molecule has 1 aliphatic rings. The highest BCUT2D eigenvalue weighted by molar-refractivity contribution is 6.42. The van der Waals surface area contributed by atoms with Gasteiger partial charge in [-0.25, -0.2) is 0 Å². The summed E-state index contributed by atoms with van der Waals surface area (Å²) in [6, 6.07) is 7.86. The summed E-state index contributed by atoms with van der Waals surface area (Å²) in [4.78, 5) is 12.5. The molecule has 0 unspecified atom stereocenters. The smallest absolute Gasteiger partial charge is 0.194 e. The largest absolute Gasteiger partial charge is 0.486 e. The highest BCUT2D eigenvalue weighted by Gasteiger charge is 2.20. The zero-order valence-corrected chi connectivity index (χ0v) is 12.9. The maximum Gasteiger partial charge on any atom is 0.194 e. The molecule has 0 N–H and O–H groups in total. The minimum absolute atomic E-state index is 0.254. The van der Waals surface area contributed by atoms with E-state index in [0.717, 1.165) is 0 Å². The number of benzene rings is 2. The lowest BCUT2D eigenvalue weighted by atomic mass is 10.0. The van der Waals surface area contributed by atoms with E-state index in [2.05, 4.69) is 0 Å². The number of carbonyl (C=O) groups is 1. The van der Waals surface area contributed by atoms with E-state index in [1.165, 1.54) is 6.07 Å². The van der Waals surface area contributed by atoms with Crippen molar-refractivity contribution in [3.8, 4) is 11.5 Å². The predicted octanol–water partition coefficient (Wildman–Crippen LogP) is 4.65. The van der Waals surface area contributed by atoms with Gasteiger partial charge in [0, 0.05) is 17.2 Å². The SMILES string of the molecule is O=C(c1ccc(Cl)c(Cl)c1)c1cc2c(cc1Cl)OCCO2. The summed E-state index contributed by atoms with van der Waals surface area (Å²) in [7, 11) is 0. The molecule has 0 spiro atoms. The van der Waals surface area contributed by atoms with E-state index < -0.39 is 0 Å². The van der Waals surface area contributed by atoms with Crippen LogP contribution in [-0.4, -0.2) is 19.0 Å². The summed E-state index contributed by atoms with van der Waals surface area (Å²) in [5, 5.41) is 1.01. The third kappa shape index (κ3) is 2.82. The zero-order chi connectivity index (χ0) is 15.0. The van der Waals surface area contributed by atoms with Gasteiger partial charge in [-0.3, -0.25) is 4.79 Å². The number of hydrogen-bond donors (Lipinski definition) is 0. The van der Waals surface area contributed by atoms with Crippen LogP contribution in [0.2, 0.25) is 15.1 Å². The molecule has 0 aliphatic carbocycles. The minimum atomic E-state index is -0.254. The van der Waals surface area contributed by atoms with Gasteiger partial charge in [-0.05, 0) is 24.3 Å². The highest BCUT2D eigenvalue weighted by atomic mass is 35.5. The van der Waals surface area contributed by atoms with Crippen molar-refractivity contribution in [2.45, 2.75) is 0 Å². The monoisotopic (exact) mass is 342 g/mol. The maximum absolute atomic E-state index is 12.5. The van der Waals surface area contributed by atoms with Crippen LogP contribution in [0.5, 0.6) is 11.5 Å². The Morgan fingerprint density at radius 3 is 2.19 bits per heavy atom. The lowest BCUT2D eigenvalue weighted by Gasteiger charge is -2.19. The van der Waals surface area contributed by atoms with Crippen LogP contribution >= 0.6 is 34.8 Å². The Morgan fingerprint density at radius 2 is 1.52 bits per heavy atom. The van der Waals surface area contributed by atoms with Crippen molar-refractivity contribution < 1.29 is 14.3 Å². The summed E-state index contributed by atoms with van der Waals surface area (Å²) in [6.07, 6.45) is 0. The molecule has 2 aromatic rings. The van der Waals surface area contributed by atoms with Crippen LogP contribution in [-0.2, 0) is 0 Å². The van der Waals surface area contributed by atoms with Crippen LogP contribution in [0.25, 0.3) is 0 Å². The van der Waals surface area contributed by atoms with Gasteiger partial charge in [-0.2, -0.15) is 0 Å². The number of fused-ring (bicyclic) bond motifs is 1. The van der Waals surface area contributed by atoms with E-state index in [0.29, 0.717) is 50.9 Å². The zero-order valence-electron chi connectivity index (χ0n) is 10.7. The molecule has 3 nitrogen and oxygen atoms in total. The molecule has 0 bridgehead atoms. The Morgan fingerprint density at radius 1 is 0.857 bits per heavy atom. The third-order valence-corrected chi connectivity index (χ3v) is 4.11. The van der Waals surface area contributed by atoms with Crippen molar-refractivity contribution >= 4 is 40.6 Å². The van der Waals surface area contributed by atoms with E-state index >= 15 is 0 Å². The summed E-state index contributed by atoms with van der Waals surface area (Å²) >= 11 is 18.0. The van der Waals surface area contributed by atoms with Gasteiger partial charge >= 0.3 is 0 Å². The Hall–Kier alpha value is -1.42. The minimum Gasteiger partial charge on any atom is -0.486 e. The molecular weight excluding hydrogens is 335 g/mol. The molecule has 0 saturated heterocycles. The van der Waals surface area contributed by atoms with E-state index in [1.54, 1.807) is 24.3 Å². The van der Waals surface area contributed by atoms with E-state index in [4.69, 9.17) is 44.3 Å². The Bertz CT molecular complexity index is 728. The Labute approximate surface area is 136 Å². The van der Waals surface area contributed by atoms with Crippen molar-refractivity contribution in [1.82, 2.24) is 0 Å². The van der Waals surface area contributed by atoms with Crippen LogP contribution < -0.4 is 9.47 Å². The number of halogens is 3. The molecule has 108 valence electrons. The molecule has 0 amide bonds. The first kappa shape index (κ1) is 14.5. The van der Waals surface area contributed by atoms with Crippen molar-refractivity contribution in [3.05, 3.63) is 56.5 Å². The summed E-state index contributed by atoms with van der Waals surface area (Å²) < 4.78 is 10.9. The summed E-state index contributed by atoms with van der Waals surface area (Å²) in [5.74, 6) is 0.793. The van der Waals surface area contributed by atoms with Gasteiger partial charge < -0.3 is 9.47 Å². The van der Waals surface area contributed by atoms with Gasteiger partial charge in [0.05, 0.1) is 15.1 Å². The van der Waals surface area contributed by atoms with Gasteiger partial charge in [-0.15, -0.1) is 0 Å². The molecule has 0 aromatic heterocycles. The van der Waals surface area contributed by atoms with E-state index in [9.17, 15) is 4.79 Å². The second-order valence-electron chi connectivity index (χ2n) is 4.43. The van der Waals surface area contributed by atoms with E-state index in [-0.39, 0.29) is 5.78 Å². The number of ketones is 1. The standard InChI is InChI=1S/C15H9Cl3O3/c16-10-2-1-8(5-12(10)18)15(19)9-6-13-14(7-11(9)17)21-4-3-20-13/h1-2,5-7H,3-4H2. The third-order valence-electron chi connectivity index (χ3n) is 3.06. The lowest BCUT2D eigenvalue weighted by molar-refractivity contribution is 0.103. The summed E-state index contributed by atoms with van der Waals surface area (Å²) in [6.45, 7) is 0.901. The van der Waals surface area contributed by atoms with Crippen LogP contribution in [0.1, 0.15) is 15.9 Å². The average molecular weight is 344 g/mol. The Balaban J connectivity index is 2.03. The maximum atomic E-state index is 12.5. The lowest BCUT2D eigenvalue weighted by Crippen LogP contribution is -2.16. The Kier molecular flexibility index (Phi) is 3.98. The molecule has 0 saturated carbocycles. The fourth-order valence-corrected chi connectivity index (χ4v) is 2.57. The van der Waals surface area contributed by atoms with Gasteiger partial charge in [0.2, 0.25) is 0 Å². The predicted molar refractivity (Wildman–Crippen MR) is 82.3 cm³/mol. The second-order valence-corrected chi connectivity index (χ2v) is 5.66. The fraction of sp³-hybridized carbons (Fsp3) is 0.133. The number of hydrogen-bond acceptors (Lipinski definition) is 3. The average Bonchev–Trinajstić information content (AvgIpc) is 2.48. The molecule has 0 fully saturated rings. The van der Waals surface area contributed by atoms with Crippen molar-refractivity contribution in [2.24, 2.45) is 0 Å². The van der Waals surface area contributed by atoms with Crippen molar-refractivity contribution in [2.75, 3.05) is 13.2 Å². The molecule has 0 radical (unpaired) electrons. The second kappa shape index (κ2) is 5.76. The summed E-state index contributed by atoms with van der Waals surface area (Å²) in [5.41, 5.74) is 0.738. The van der Waals surface area contributed by atoms with Gasteiger partial charge in [-0.1, -0.05) is 34.8 Å². The number of rotatable bonds is 2. The first-order valence-corrected chi connectivity index (χ1v) is 7.28. The van der Waals surface area contributed by atoms with Gasteiger partial charge in [0.25, 0.3) is 0 Å². The first-order valence-electron chi connectivity index (χ1n) is 6.15. The molecular formula is C15H9Cl3O3. The van der Waals surface area contributed by atoms with Crippen LogP contribution in [0.4, 0.5) is 0 Å². The van der Waals surface area contributed by atoms with E-state index in [1.807, 2.05) is 0 Å². The normalized spacial score (nSPS) is 13.1. The number of ether oxygens (including phenoxy) is 2. The fourth-order valence-electron chi connectivity index (χ4n) is 2.03. The molecule has 1 heterocycles. The van der Waals surface area contributed by atoms with Gasteiger partial charge in [0.1, 0.15) is 13.2 Å². The topological polar surface area (TPSA) is 35.5 Å². The van der Waals surface area contributed by atoms with Crippen LogP contribution in [0.3, 0.4) is 0 Å².